The summed E-state index contributed by atoms with van der Waals surface area (Å²) < 4.78 is 13.0. The van der Waals surface area contributed by atoms with Crippen LogP contribution in [-0.4, -0.2) is 34.6 Å². The van der Waals surface area contributed by atoms with Gasteiger partial charge in [0.05, 0.1) is 0 Å². The zero-order chi connectivity index (χ0) is 13.7. The van der Waals surface area contributed by atoms with Crippen molar-refractivity contribution in [2.75, 3.05) is 18.1 Å². The molecule has 4 heteroatoms. The quantitative estimate of drug-likeness (QED) is 0.892. The molecule has 1 nitrogen and oxygen atoms in total. The van der Waals surface area contributed by atoms with Gasteiger partial charge in [-0.1, -0.05) is 26.0 Å². The van der Waals surface area contributed by atoms with Crippen molar-refractivity contribution in [3.8, 4) is 0 Å². The van der Waals surface area contributed by atoms with E-state index in [-0.39, 0.29) is 5.82 Å². The van der Waals surface area contributed by atoms with Crippen molar-refractivity contribution in [3.63, 3.8) is 0 Å². The number of halogens is 1. The largest absolute Gasteiger partial charge is 0.313 e. The highest BCUT2D eigenvalue weighted by molar-refractivity contribution is 8.07. The smallest absolute Gasteiger partial charge is 0.123 e. The molecule has 0 saturated carbocycles. The van der Waals surface area contributed by atoms with Gasteiger partial charge in [0.25, 0.3) is 0 Å². The highest BCUT2D eigenvalue weighted by atomic mass is 32.2. The molecule has 3 atom stereocenters. The first-order valence-corrected chi connectivity index (χ1v) is 9.01. The van der Waals surface area contributed by atoms with Crippen LogP contribution < -0.4 is 5.32 Å². The lowest BCUT2D eigenvalue weighted by atomic mass is 10.0. The minimum atomic E-state index is -0.153. The van der Waals surface area contributed by atoms with E-state index in [9.17, 15) is 4.39 Å². The third kappa shape index (κ3) is 4.40. The number of hydrogen-bond donors (Lipinski definition) is 1. The van der Waals surface area contributed by atoms with E-state index in [1.54, 1.807) is 12.1 Å². The molecule has 1 N–H and O–H groups in total. The first kappa shape index (κ1) is 15.2. The van der Waals surface area contributed by atoms with Crippen LogP contribution in [0.3, 0.4) is 0 Å². The molecule has 2 rings (SSSR count). The fourth-order valence-electron chi connectivity index (χ4n) is 2.53. The van der Waals surface area contributed by atoms with Gasteiger partial charge >= 0.3 is 0 Å². The van der Waals surface area contributed by atoms with E-state index >= 15 is 0 Å². The van der Waals surface area contributed by atoms with Crippen molar-refractivity contribution < 1.29 is 4.39 Å². The second-order valence-corrected chi connectivity index (χ2v) is 7.68. The number of rotatable bonds is 5. The molecule has 1 aromatic rings. The predicted molar refractivity (Wildman–Crippen MR) is 85.7 cm³/mol. The van der Waals surface area contributed by atoms with Crippen LogP contribution in [0.4, 0.5) is 4.39 Å². The maximum Gasteiger partial charge on any atom is 0.123 e. The summed E-state index contributed by atoms with van der Waals surface area (Å²) in [6, 6.07) is 7.41. The van der Waals surface area contributed by atoms with Crippen molar-refractivity contribution in [2.45, 2.75) is 36.8 Å². The lowest BCUT2D eigenvalue weighted by Gasteiger charge is -2.35. The van der Waals surface area contributed by atoms with E-state index in [4.69, 9.17) is 0 Å². The van der Waals surface area contributed by atoms with Gasteiger partial charge in [-0.3, -0.25) is 0 Å². The van der Waals surface area contributed by atoms with Crippen LogP contribution >= 0.6 is 23.5 Å². The number of nitrogens with one attached hydrogen (secondary N) is 1. The maximum atomic E-state index is 13.0. The molecule has 1 aromatic carbocycles. The number of hydrogen-bond acceptors (Lipinski definition) is 3. The molecular formula is C15H22FNS2. The summed E-state index contributed by atoms with van der Waals surface area (Å²) in [7, 11) is 0. The average molecular weight is 299 g/mol. The summed E-state index contributed by atoms with van der Waals surface area (Å²) in [6.45, 7) is 5.47. The minimum absolute atomic E-state index is 0.153. The Labute approximate surface area is 124 Å². The topological polar surface area (TPSA) is 12.0 Å². The first-order chi connectivity index (χ1) is 9.20. The van der Waals surface area contributed by atoms with Crippen molar-refractivity contribution in [1.82, 2.24) is 5.32 Å². The van der Waals surface area contributed by atoms with Crippen LogP contribution in [0.5, 0.6) is 0 Å². The van der Waals surface area contributed by atoms with E-state index in [0.29, 0.717) is 16.5 Å². The van der Waals surface area contributed by atoms with Crippen molar-refractivity contribution in [3.05, 3.63) is 35.6 Å². The number of thioether (sulfide) groups is 2. The van der Waals surface area contributed by atoms with Crippen molar-refractivity contribution in [2.24, 2.45) is 0 Å². The molecule has 0 aliphatic carbocycles. The fourth-order valence-corrected chi connectivity index (χ4v) is 5.49. The Morgan fingerprint density at radius 3 is 2.58 bits per heavy atom. The van der Waals surface area contributed by atoms with E-state index in [2.05, 4.69) is 42.7 Å². The zero-order valence-corrected chi connectivity index (χ0v) is 13.2. The van der Waals surface area contributed by atoms with E-state index in [1.807, 2.05) is 12.1 Å². The minimum Gasteiger partial charge on any atom is -0.313 e. The van der Waals surface area contributed by atoms with Crippen LogP contribution in [0.2, 0.25) is 0 Å². The van der Waals surface area contributed by atoms with Gasteiger partial charge in [0.2, 0.25) is 0 Å². The van der Waals surface area contributed by atoms with Crippen LogP contribution in [-0.2, 0) is 6.42 Å². The van der Waals surface area contributed by atoms with Gasteiger partial charge in [0, 0.05) is 28.0 Å². The predicted octanol–water partition coefficient (Wildman–Crippen LogP) is 3.58. The SMILES string of the molecule is CCNC(Cc1ccc(F)cc1)C1SCCSC1C. The second kappa shape index (κ2) is 7.55. The van der Waals surface area contributed by atoms with Crippen LogP contribution in [0.25, 0.3) is 0 Å². The molecule has 1 fully saturated rings. The van der Waals surface area contributed by atoms with E-state index in [0.717, 1.165) is 13.0 Å². The Hall–Kier alpha value is -0.190. The van der Waals surface area contributed by atoms with Crippen molar-refractivity contribution in [1.29, 1.82) is 0 Å². The fraction of sp³-hybridized carbons (Fsp3) is 0.600. The molecular weight excluding hydrogens is 277 g/mol. The lowest BCUT2D eigenvalue weighted by molar-refractivity contribution is 0.500. The summed E-state index contributed by atoms with van der Waals surface area (Å²) in [5.41, 5.74) is 1.22. The molecule has 0 radical (unpaired) electrons. The van der Waals surface area contributed by atoms with Crippen LogP contribution in [0.15, 0.2) is 24.3 Å². The molecule has 1 aliphatic heterocycles. The van der Waals surface area contributed by atoms with Crippen LogP contribution in [0, 0.1) is 5.82 Å². The van der Waals surface area contributed by atoms with Crippen molar-refractivity contribution >= 4 is 23.5 Å². The number of likely N-dealkylation sites (N-methyl/N-ethyl adjacent to an activating group) is 1. The van der Waals surface area contributed by atoms with Crippen LogP contribution in [0.1, 0.15) is 19.4 Å². The highest BCUT2D eigenvalue weighted by Gasteiger charge is 2.29. The first-order valence-electron chi connectivity index (χ1n) is 6.91. The Balaban J connectivity index is 2.04. The Kier molecular flexibility index (Phi) is 6.05. The van der Waals surface area contributed by atoms with Gasteiger partial charge in [-0.05, 0) is 30.7 Å². The molecule has 1 aliphatic rings. The molecule has 106 valence electrons. The van der Waals surface area contributed by atoms with Gasteiger partial charge < -0.3 is 5.32 Å². The molecule has 0 amide bonds. The highest BCUT2D eigenvalue weighted by Crippen LogP contribution is 2.34. The molecule has 1 heterocycles. The summed E-state index contributed by atoms with van der Waals surface area (Å²) in [5.74, 6) is 2.35. The third-order valence-electron chi connectivity index (χ3n) is 3.47. The van der Waals surface area contributed by atoms with Gasteiger partial charge in [-0.25, -0.2) is 4.39 Å². The standard InChI is InChI=1S/C15H22FNS2/c1-3-17-14(15-11(2)18-8-9-19-15)10-12-4-6-13(16)7-5-12/h4-7,11,14-15,17H,3,8-10H2,1-2H3. The monoisotopic (exact) mass is 299 g/mol. The Morgan fingerprint density at radius 2 is 1.95 bits per heavy atom. The third-order valence-corrected chi connectivity index (χ3v) is 6.72. The van der Waals surface area contributed by atoms with Gasteiger partial charge in [-0.2, -0.15) is 23.5 Å². The van der Waals surface area contributed by atoms with E-state index < -0.39 is 0 Å². The molecule has 19 heavy (non-hydrogen) atoms. The molecule has 3 unspecified atom stereocenters. The summed E-state index contributed by atoms with van der Waals surface area (Å²) in [4.78, 5) is 0. The van der Waals surface area contributed by atoms with Gasteiger partial charge in [0.15, 0.2) is 0 Å². The summed E-state index contributed by atoms with van der Waals surface area (Å²) in [5, 5.41) is 4.94. The number of benzene rings is 1. The Morgan fingerprint density at radius 1 is 1.26 bits per heavy atom. The lowest BCUT2D eigenvalue weighted by Crippen LogP contribution is -2.45. The zero-order valence-electron chi connectivity index (χ0n) is 11.6. The van der Waals surface area contributed by atoms with Gasteiger partial charge in [-0.15, -0.1) is 0 Å². The Bertz CT molecular complexity index is 382. The second-order valence-electron chi connectivity index (χ2n) is 4.91. The molecule has 0 aromatic heterocycles. The molecule has 1 saturated heterocycles. The maximum absolute atomic E-state index is 13.0. The average Bonchev–Trinajstić information content (AvgIpc) is 2.41. The van der Waals surface area contributed by atoms with Gasteiger partial charge in [0.1, 0.15) is 5.82 Å². The summed E-state index contributed by atoms with van der Waals surface area (Å²) >= 11 is 4.16. The summed E-state index contributed by atoms with van der Waals surface area (Å²) in [6.07, 6.45) is 0.983. The molecule has 0 spiro atoms. The van der Waals surface area contributed by atoms with E-state index in [1.165, 1.54) is 17.1 Å². The molecule has 0 bridgehead atoms. The normalized spacial score (nSPS) is 25.2.